The summed E-state index contributed by atoms with van der Waals surface area (Å²) in [5.41, 5.74) is 0.0246. The van der Waals surface area contributed by atoms with Gasteiger partial charge in [-0.25, -0.2) is 4.57 Å². The van der Waals surface area contributed by atoms with Crippen molar-refractivity contribution in [2.75, 3.05) is 0 Å². The number of aromatic nitrogens is 1. The number of hydrogen-bond acceptors (Lipinski definition) is 4. The lowest BCUT2D eigenvalue weighted by Gasteiger charge is -2.13. The molecule has 0 N–H and O–H groups in total. The van der Waals surface area contributed by atoms with E-state index in [0.717, 1.165) is 4.57 Å². The van der Waals surface area contributed by atoms with Crippen molar-refractivity contribution in [2.24, 2.45) is 5.92 Å². The lowest BCUT2D eigenvalue weighted by atomic mass is 10.1. The first kappa shape index (κ1) is 15.3. The number of fused-ring (bicyclic) bond motifs is 4. The second-order valence-electron chi connectivity index (χ2n) is 6.28. The van der Waals surface area contributed by atoms with Crippen LogP contribution in [-0.2, 0) is 0 Å². The summed E-state index contributed by atoms with van der Waals surface area (Å²) in [5, 5.41) is 0.797. The monoisotopic (exact) mass is 333 g/mol. The molecule has 2 aromatic carbocycles. The summed E-state index contributed by atoms with van der Waals surface area (Å²) in [4.78, 5) is 38.6. The number of pyridine rings is 1. The minimum Gasteiger partial charge on any atom is -0.455 e. The van der Waals surface area contributed by atoms with E-state index in [1.165, 1.54) is 0 Å². The predicted octanol–water partition coefficient (Wildman–Crippen LogP) is 3.56. The summed E-state index contributed by atoms with van der Waals surface area (Å²) < 4.78 is 6.98. The Morgan fingerprint density at radius 3 is 2.32 bits per heavy atom. The van der Waals surface area contributed by atoms with Gasteiger partial charge >= 0.3 is 0 Å². The van der Waals surface area contributed by atoms with Crippen molar-refractivity contribution in [3.8, 4) is 0 Å². The average Bonchev–Trinajstić information content (AvgIpc) is 2.61. The number of hydrogen-bond donors (Lipinski definition) is 0. The van der Waals surface area contributed by atoms with E-state index in [4.69, 9.17) is 4.42 Å². The fourth-order valence-electron chi connectivity index (χ4n) is 3.08. The van der Waals surface area contributed by atoms with Gasteiger partial charge in [0.2, 0.25) is 11.3 Å². The van der Waals surface area contributed by atoms with Gasteiger partial charge in [-0.3, -0.25) is 14.4 Å². The predicted molar refractivity (Wildman–Crippen MR) is 97.2 cm³/mol. The van der Waals surface area contributed by atoms with E-state index in [-0.39, 0.29) is 22.8 Å². The molecule has 4 rings (SSSR count). The molecule has 0 bridgehead atoms. The molecular formula is C20H15NO4. The molecule has 0 spiro atoms. The second kappa shape index (κ2) is 5.41. The molecule has 124 valence electrons. The molecule has 5 nitrogen and oxygen atoms in total. The van der Waals surface area contributed by atoms with Crippen LogP contribution in [0, 0.1) is 5.92 Å². The molecule has 2 heterocycles. The third-order valence-electron chi connectivity index (χ3n) is 4.32. The summed E-state index contributed by atoms with van der Waals surface area (Å²) in [7, 11) is 0. The Morgan fingerprint density at radius 1 is 0.960 bits per heavy atom. The Labute approximate surface area is 142 Å². The van der Waals surface area contributed by atoms with E-state index in [1.54, 1.807) is 62.4 Å². The molecule has 0 saturated heterocycles. The van der Waals surface area contributed by atoms with Gasteiger partial charge in [-0.2, -0.15) is 0 Å². The topological polar surface area (TPSA) is 69.3 Å². The van der Waals surface area contributed by atoms with Crippen LogP contribution in [0.3, 0.4) is 0 Å². The zero-order valence-electron chi connectivity index (χ0n) is 13.8. The number of nitrogens with zero attached hydrogens (tertiary/aromatic N) is 1. The van der Waals surface area contributed by atoms with E-state index in [9.17, 15) is 14.4 Å². The van der Waals surface area contributed by atoms with Crippen LogP contribution < -0.4 is 11.0 Å². The highest BCUT2D eigenvalue weighted by Gasteiger charge is 2.22. The maximum atomic E-state index is 13.0. The molecule has 0 saturated carbocycles. The van der Waals surface area contributed by atoms with Crippen molar-refractivity contribution < 1.29 is 9.21 Å². The molecule has 0 amide bonds. The van der Waals surface area contributed by atoms with Gasteiger partial charge in [-0.1, -0.05) is 38.1 Å². The van der Waals surface area contributed by atoms with Crippen LogP contribution in [0.25, 0.3) is 32.8 Å². The minimum absolute atomic E-state index is 0.0913. The molecule has 0 radical (unpaired) electrons. The summed E-state index contributed by atoms with van der Waals surface area (Å²) in [6.45, 7) is 3.44. The Morgan fingerprint density at radius 2 is 1.60 bits per heavy atom. The highest BCUT2D eigenvalue weighted by atomic mass is 16.3. The Kier molecular flexibility index (Phi) is 3.32. The largest absolute Gasteiger partial charge is 0.455 e. The third kappa shape index (κ3) is 2.12. The zero-order chi connectivity index (χ0) is 17.7. The Bertz CT molecular complexity index is 1280. The lowest BCUT2D eigenvalue weighted by molar-refractivity contribution is 0.0857. The third-order valence-corrected chi connectivity index (χ3v) is 4.32. The molecule has 25 heavy (non-hydrogen) atoms. The first-order valence-electron chi connectivity index (χ1n) is 8.04. The van der Waals surface area contributed by atoms with Crippen molar-refractivity contribution in [1.29, 1.82) is 0 Å². The van der Waals surface area contributed by atoms with Crippen LogP contribution >= 0.6 is 0 Å². The van der Waals surface area contributed by atoms with Crippen LogP contribution in [0.2, 0.25) is 0 Å². The highest BCUT2D eigenvalue weighted by Crippen LogP contribution is 2.25. The van der Waals surface area contributed by atoms with Crippen LogP contribution in [0.4, 0.5) is 0 Å². The van der Waals surface area contributed by atoms with Crippen molar-refractivity contribution in [3.63, 3.8) is 0 Å². The van der Waals surface area contributed by atoms with E-state index in [2.05, 4.69) is 0 Å². The Balaban J connectivity index is 2.35. The smallest absolute Gasteiger partial charge is 0.272 e. The summed E-state index contributed by atoms with van der Waals surface area (Å²) in [5.74, 6) is -0.735. The molecule has 0 fully saturated rings. The maximum Gasteiger partial charge on any atom is 0.272 e. The Hall–Kier alpha value is -3.21. The average molecular weight is 333 g/mol. The normalized spacial score (nSPS) is 11.6. The van der Waals surface area contributed by atoms with Crippen molar-refractivity contribution >= 4 is 38.7 Å². The van der Waals surface area contributed by atoms with Gasteiger partial charge in [0.1, 0.15) is 11.0 Å². The zero-order valence-corrected chi connectivity index (χ0v) is 13.8. The quantitative estimate of drug-likeness (QED) is 0.394. The standard InChI is InChI=1S/C20H15NO4/c1-11(2)19(23)21-14-9-5-3-7-12(14)18-16(20(21)24)17(22)13-8-4-6-10-15(13)25-18/h3-11H,1-2H3. The van der Waals surface area contributed by atoms with Gasteiger partial charge in [0, 0.05) is 11.3 Å². The van der Waals surface area contributed by atoms with Gasteiger partial charge in [0.25, 0.3) is 5.56 Å². The number of para-hydroxylation sites is 2. The van der Waals surface area contributed by atoms with Gasteiger partial charge in [0.05, 0.1) is 10.9 Å². The second-order valence-corrected chi connectivity index (χ2v) is 6.28. The van der Waals surface area contributed by atoms with Gasteiger partial charge in [0.15, 0.2) is 5.58 Å². The van der Waals surface area contributed by atoms with Crippen molar-refractivity contribution in [1.82, 2.24) is 4.57 Å². The molecule has 4 aromatic rings. The molecule has 5 heteroatoms. The number of benzene rings is 2. The summed E-state index contributed by atoms with van der Waals surface area (Å²) >= 11 is 0. The van der Waals surface area contributed by atoms with Gasteiger partial charge < -0.3 is 4.42 Å². The van der Waals surface area contributed by atoms with Crippen LogP contribution in [0.1, 0.15) is 18.6 Å². The molecule has 0 aliphatic carbocycles. The maximum absolute atomic E-state index is 13.0. The number of rotatable bonds is 1. The van der Waals surface area contributed by atoms with Crippen LogP contribution in [-0.4, -0.2) is 10.5 Å². The molecule has 2 aromatic heterocycles. The fraction of sp³-hybridized carbons (Fsp3) is 0.150. The molecule has 0 aliphatic heterocycles. The first-order chi connectivity index (χ1) is 12.0. The number of carbonyl (C=O) groups is 1. The summed E-state index contributed by atoms with van der Waals surface area (Å²) in [6, 6.07) is 13.7. The van der Waals surface area contributed by atoms with Gasteiger partial charge in [-0.05, 0) is 24.3 Å². The first-order valence-corrected chi connectivity index (χ1v) is 8.04. The van der Waals surface area contributed by atoms with Crippen LogP contribution in [0.5, 0.6) is 0 Å². The van der Waals surface area contributed by atoms with E-state index in [1.807, 2.05) is 0 Å². The van der Waals surface area contributed by atoms with E-state index < -0.39 is 11.0 Å². The number of carbonyl (C=O) groups excluding carboxylic acids is 1. The van der Waals surface area contributed by atoms with Crippen molar-refractivity contribution in [2.45, 2.75) is 13.8 Å². The molecule has 0 atom stereocenters. The molecular weight excluding hydrogens is 318 g/mol. The van der Waals surface area contributed by atoms with E-state index >= 15 is 0 Å². The lowest BCUT2D eigenvalue weighted by Crippen LogP contribution is -2.32. The molecule has 0 aliphatic rings. The SMILES string of the molecule is CC(C)C(=O)n1c(=O)c2c(=O)c3ccccc3oc2c2ccccc21. The minimum atomic E-state index is -0.632. The molecule has 0 unspecified atom stereocenters. The van der Waals surface area contributed by atoms with Crippen molar-refractivity contribution in [3.05, 3.63) is 69.1 Å². The fourth-order valence-corrected chi connectivity index (χ4v) is 3.08. The summed E-state index contributed by atoms with van der Waals surface area (Å²) in [6.07, 6.45) is 0. The highest BCUT2D eigenvalue weighted by molar-refractivity contribution is 6.07. The van der Waals surface area contributed by atoms with Gasteiger partial charge in [-0.15, -0.1) is 0 Å². The van der Waals surface area contributed by atoms with Crippen LogP contribution in [0.15, 0.2) is 62.5 Å². The van der Waals surface area contributed by atoms with E-state index in [0.29, 0.717) is 21.9 Å².